The Morgan fingerprint density at radius 1 is 1.19 bits per heavy atom. The first-order chi connectivity index (χ1) is 12.6. The fourth-order valence-electron chi connectivity index (χ4n) is 3.11. The summed E-state index contributed by atoms with van der Waals surface area (Å²) in [4.78, 5) is 30.9. The van der Waals surface area contributed by atoms with E-state index in [1.807, 2.05) is 48.5 Å². The van der Waals surface area contributed by atoms with Crippen molar-refractivity contribution in [1.29, 1.82) is 0 Å². The summed E-state index contributed by atoms with van der Waals surface area (Å²) in [6.45, 7) is 2.96. The summed E-state index contributed by atoms with van der Waals surface area (Å²) in [5.74, 6) is -0.285. The van der Waals surface area contributed by atoms with Gasteiger partial charge in [-0.1, -0.05) is 36.4 Å². The van der Waals surface area contributed by atoms with Crippen LogP contribution in [0.5, 0.6) is 0 Å². The lowest BCUT2D eigenvalue weighted by Crippen LogP contribution is -2.61. The topological polar surface area (TPSA) is 71.5 Å². The molecule has 3 rings (SSSR count). The van der Waals surface area contributed by atoms with Crippen LogP contribution >= 0.6 is 0 Å². The molecule has 26 heavy (non-hydrogen) atoms. The third-order valence-electron chi connectivity index (χ3n) is 4.53. The van der Waals surface area contributed by atoms with Crippen LogP contribution in [-0.2, 0) is 27.3 Å². The first kappa shape index (κ1) is 18.1. The number of carbonyl (C=O) groups excluding carboxylic acids is 2. The van der Waals surface area contributed by atoms with E-state index in [-0.39, 0.29) is 18.4 Å². The van der Waals surface area contributed by atoms with Gasteiger partial charge in [0.05, 0.1) is 13.2 Å². The number of ether oxygens (including phenoxy) is 1. The lowest BCUT2D eigenvalue weighted by Gasteiger charge is -2.41. The molecule has 0 spiro atoms. The molecule has 1 aromatic heterocycles. The number of nitrogens with one attached hydrogen (secondary N) is 1. The number of carbonyl (C=O) groups is 2. The lowest BCUT2D eigenvalue weighted by atomic mass is 9.93. The Bertz CT molecular complexity index is 751. The van der Waals surface area contributed by atoms with Crippen LogP contribution in [0.3, 0.4) is 0 Å². The first-order valence-corrected chi connectivity index (χ1v) is 8.71. The van der Waals surface area contributed by atoms with Crippen molar-refractivity contribution >= 4 is 11.8 Å². The molecule has 6 nitrogen and oxygen atoms in total. The molecule has 6 heteroatoms. The summed E-state index contributed by atoms with van der Waals surface area (Å²) in [6, 6.07) is 15.3. The Morgan fingerprint density at radius 2 is 1.96 bits per heavy atom. The maximum absolute atomic E-state index is 13.1. The van der Waals surface area contributed by atoms with Crippen molar-refractivity contribution < 1.29 is 14.3 Å². The molecule has 1 atom stereocenters. The summed E-state index contributed by atoms with van der Waals surface area (Å²) >= 11 is 0. The average Bonchev–Trinajstić information content (AvgIpc) is 2.68. The predicted molar refractivity (Wildman–Crippen MR) is 97.2 cm³/mol. The normalized spacial score (nSPS) is 19.8. The molecule has 0 radical (unpaired) electrons. The molecule has 1 fully saturated rings. The van der Waals surface area contributed by atoms with Gasteiger partial charge in [-0.2, -0.15) is 0 Å². The fourth-order valence-corrected chi connectivity index (χ4v) is 3.11. The van der Waals surface area contributed by atoms with Gasteiger partial charge in [0.15, 0.2) is 5.60 Å². The number of nitrogens with zero attached hydrogens (tertiary/aromatic N) is 2. The van der Waals surface area contributed by atoms with Crippen LogP contribution in [0.25, 0.3) is 0 Å². The minimum absolute atomic E-state index is 0.0606. The van der Waals surface area contributed by atoms with Gasteiger partial charge in [0.25, 0.3) is 5.91 Å². The number of amides is 2. The summed E-state index contributed by atoms with van der Waals surface area (Å²) < 4.78 is 5.95. The van der Waals surface area contributed by atoms with E-state index in [2.05, 4.69) is 10.3 Å². The molecule has 1 aromatic carbocycles. The van der Waals surface area contributed by atoms with E-state index in [4.69, 9.17) is 4.74 Å². The zero-order chi connectivity index (χ0) is 18.4. The SMILES string of the molecule is CC(=O)N1CCO[C@@](Cc2ccccn2)(C(=O)NCc2ccccc2)C1. The molecule has 1 N–H and O–H groups in total. The van der Waals surface area contributed by atoms with Gasteiger partial charge in [0.2, 0.25) is 5.91 Å². The standard InChI is InChI=1S/C20H23N3O3/c1-16(24)23-11-12-26-20(15-23,13-18-9-5-6-10-21-18)19(25)22-14-17-7-3-2-4-8-17/h2-10H,11-15H2,1H3,(H,22,25)/t20-/m1/s1. The predicted octanol–water partition coefficient (Wildman–Crippen LogP) is 1.56. The molecule has 136 valence electrons. The van der Waals surface area contributed by atoms with Crippen molar-refractivity contribution in [2.75, 3.05) is 19.7 Å². The third-order valence-corrected chi connectivity index (χ3v) is 4.53. The molecule has 2 aromatic rings. The molecular weight excluding hydrogens is 330 g/mol. The molecule has 1 aliphatic rings. The number of aromatic nitrogens is 1. The number of morpholine rings is 1. The Balaban J connectivity index is 1.79. The highest BCUT2D eigenvalue weighted by Crippen LogP contribution is 2.23. The molecule has 1 aliphatic heterocycles. The van der Waals surface area contributed by atoms with Crippen molar-refractivity contribution in [2.24, 2.45) is 0 Å². The Morgan fingerprint density at radius 3 is 2.65 bits per heavy atom. The second-order valence-electron chi connectivity index (χ2n) is 6.45. The highest BCUT2D eigenvalue weighted by Gasteiger charge is 2.44. The van der Waals surface area contributed by atoms with E-state index >= 15 is 0 Å². The smallest absolute Gasteiger partial charge is 0.254 e. The molecule has 1 saturated heterocycles. The quantitative estimate of drug-likeness (QED) is 0.885. The second kappa shape index (κ2) is 8.10. The van der Waals surface area contributed by atoms with Crippen LogP contribution in [0.15, 0.2) is 54.7 Å². The van der Waals surface area contributed by atoms with E-state index in [0.29, 0.717) is 26.1 Å². The summed E-state index contributed by atoms with van der Waals surface area (Å²) in [5.41, 5.74) is 0.633. The minimum Gasteiger partial charge on any atom is -0.361 e. The maximum atomic E-state index is 13.1. The van der Waals surface area contributed by atoms with Gasteiger partial charge in [0.1, 0.15) is 0 Å². The summed E-state index contributed by atoms with van der Waals surface area (Å²) in [6.07, 6.45) is 2.01. The Labute approximate surface area is 153 Å². The molecule has 0 saturated carbocycles. The number of pyridine rings is 1. The van der Waals surface area contributed by atoms with Gasteiger partial charge >= 0.3 is 0 Å². The van der Waals surface area contributed by atoms with Gasteiger partial charge in [-0.25, -0.2) is 0 Å². The monoisotopic (exact) mass is 353 g/mol. The summed E-state index contributed by atoms with van der Waals surface area (Å²) in [7, 11) is 0. The van der Waals surface area contributed by atoms with Crippen molar-refractivity contribution in [3.63, 3.8) is 0 Å². The highest BCUT2D eigenvalue weighted by atomic mass is 16.5. The van der Waals surface area contributed by atoms with Crippen LogP contribution in [0.1, 0.15) is 18.2 Å². The van der Waals surface area contributed by atoms with E-state index < -0.39 is 5.60 Å². The van der Waals surface area contributed by atoms with Crippen molar-refractivity contribution in [3.05, 3.63) is 66.0 Å². The Hall–Kier alpha value is -2.73. The van der Waals surface area contributed by atoms with E-state index in [0.717, 1.165) is 11.3 Å². The maximum Gasteiger partial charge on any atom is 0.254 e. The number of rotatable bonds is 5. The van der Waals surface area contributed by atoms with Gasteiger partial charge < -0.3 is 15.0 Å². The van der Waals surface area contributed by atoms with Crippen molar-refractivity contribution in [2.45, 2.75) is 25.5 Å². The lowest BCUT2D eigenvalue weighted by molar-refractivity contribution is -0.165. The molecular formula is C20H23N3O3. The fraction of sp³-hybridized carbons (Fsp3) is 0.350. The number of hydrogen-bond acceptors (Lipinski definition) is 4. The van der Waals surface area contributed by atoms with Gasteiger partial charge in [-0.15, -0.1) is 0 Å². The second-order valence-corrected chi connectivity index (χ2v) is 6.45. The van der Waals surface area contributed by atoms with E-state index in [9.17, 15) is 9.59 Å². The Kier molecular flexibility index (Phi) is 5.63. The summed E-state index contributed by atoms with van der Waals surface area (Å²) in [5, 5.41) is 2.96. The zero-order valence-corrected chi connectivity index (χ0v) is 14.9. The van der Waals surface area contributed by atoms with Crippen LogP contribution in [-0.4, -0.2) is 47.0 Å². The molecule has 0 unspecified atom stereocenters. The molecule has 0 aliphatic carbocycles. The molecule has 2 heterocycles. The average molecular weight is 353 g/mol. The number of hydrogen-bond donors (Lipinski definition) is 1. The van der Waals surface area contributed by atoms with Gasteiger partial charge in [-0.05, 0) is 17.7 Å². The zero-order valence-electron chi connectivity index (χ0n) is 14.9. The van der Waals surface area contributed by atoms with E-state index in [1.54, 1.807) is 11.1 Å². The van der Waals surface area contributed by atoms with Gasteiger partial charge in [-0.3, -0.25) is 14.6 Å². The van der Waals surface area contributed by atoms with Crippen LogP contribution in [0.2, 0.25) is 0 Å². The highest BCUT2D eigenvalue weighted by molar-refractivity contribution is 5.87. The van der Waals surface area contributed by atoms with Crippen LogP contribution < -0.4 is 5.32 Å². The van der Waals surface area contributed by atoms with Gasteiger partial charge in [0, 0.05) is 38.3 Å². The minimum atomic E-state index is -1.13. The largest absolute Gasteiger partial charge is 0.361 e. The first-order valence-electron chi connectivity index (χ1n) is 8.71. The van der Waals surface area contributed by atoms with Crippen LogP contribution in [0.4, 0.5) is 0 Å². The molecule has 2 amide bonds. The van der Waals surface area contributed by atoms with Crippen LogP contribution in [0, 0.1) is 0 Å². The molecule has 0 bridgehead atoms. The van der Waals surface area contributed by atoms with Crippen molar-refractivity contribution in [3.8, 4) is 0 Å². The van der Waals surface area contributed by atoms with E-state index in [1.165, 1.54) is 6.92 Å². The third kappa shape index (κ3) is 4.26. The van der Waals surface area contributed by atoms with Crippen molar-refractivity contribution in [1.82, 2.24) is 15.2 Å². The number of benzene rings is 1.